The first-order chi connectivity index (χ1) is 9.28. The molecule has 1 aliphatic rings. The van der Waals surface area contributed by atoms with Crippen LogP contribution in [0.15, 0.2) is 28.8 Å². The van der Waals surface area contributed by atoms with E-state index < -0.39 is 0 Å². The molecule has 1 fully saturated rings. The van der Waals surface area contributed by atoms with Gasteiger partial charge in [-0.25, -0.2) is 0 Å². The highest BCUT2D eigenvalue weighted by Crippen LogP contribution is 2.21. The van der Waals surface area contributed by atoms with Crippen molar-refractivity contribution in [2.24, 2.45) is 5.92 Å². The molecule has 100 valence electrons. The minimum Gasteiger partial charge on any atom is -0.356 e. The summed E-state index contributed by atoms with van der Waals surface area (Å²) in [5, 5.41) is 4.82. The molecule has 4 nitrogen and oxygen atoms in total. The van der Waals surface area contributed by atoms with Crippen LogP contribution in [-0.2, 0) is 11.2 Å². The van der Waals surface area contributed by atoms with Crippen LogP contribution in [-0.4, -0.2) is 35.7 Å². The van der Waals surface area contributed by atoms with Crippen LogP contribution in [0.4, 0.5) is 4.39 Å². The molecule has 1 atom stereocenters. The summed E-state index contributed by atoms with van der Waals surface area (Å²) in [4.78, 5) is 13.9. The van der Waals surface area contributed by atoms with Gasteiger partial charge >= 0.3 is 0 Å². The molecule has 1 amide bonds. The van der Waals surface area contributed by atoms with Crippen molar-refractivity contribution in [3.8, 4) is 0 Å². The number of hydrogen-bond donors (Lipinski definition) is 0. The summed E-state index contributed by atoms with van der Waals surface area (Å²) >= 11 is 0. The van der Waals surface area contributed by atoms with E-state index in [2.05, 4.69) is 5.16 Å². The van der Waals surface area contributed by atoms with Gasteiger partial charge in [0.2, 0.25) is 5.91 Å². The van der Waals surface area contributed by atoms with E-state index in [-0.39, 0.29) is 24.9 Å². The van der Waals surface area contributed by atoms with Gasteiger partial charge in [0.1, 0.15) is 5.69 Å². The maximum absolute atomic E-state index is 12.6. The van der Waals surface area contributed by atoms with Gasteiger partial charge in [-0.2, -0.15) is 0 Å². The first-order valence-electron chi connectivity index (χ1n) is 6.45. The molecule has 1 aromatic carbocycles. The van der Waals surface area contributed by atoms with Crippen molar-refractivity contribution < 1.29 is 13.7 Å². The van der Waals surface area contributed by atoms with Crippen molar-refractivity contribution in [2.45, 2.75) is 12.8 Å². The average Bonchev–Trinajstić information content (AvgIpc) is 3.06. The molecule has 1 aliphatic heterocycles. The number of halogens is 1. The van der Waals surface area contributed by atoms with Crippen LogP contribution in [0, 0.1) is 5.92 Å². The lowest BCUT2D eigenvalue weighted by molar-refractivity contribution is -0.129. The van der Waals surface area contributed by atoms with E-state index in [1.165, 1.54) is 0 Å². The number of para-hydroxylation sites is 1. The standard InChI is InChI=1S/C14H15FN2O2/c15-8-10-5-6-17(9-10)14(18)7-12-11-3-1-2-4-13(11)19-16-12/h1-4,10H,5-9H2. The van der Waals surface area contributed by atoms with Gasteiger partial charge in [-0.1, -0.05) is 17.3 Å². The van der Waals surface area contributed by atoms with Gasteiger partial charge in [0, 0.05) is 24.4 Å². The Morgan fingerprint density at radius 3 is 3.11 bits per heavy atom. The topological polar surface area (TPSA) is 46.3 Å². The average molecular weight is 262 g/mol. The molecule has 5 heteroatoms. The molecular weight excluding hydrogens is 247 g/mol. The molecule has 0 radical (unpaired) electrons. The zero-order valence-corrected chi connectivity index (χ0v) is 10.5. The summed E-state index contributed by atoms with van der Waals surface area (Å²) in [6.07, 6.45) is 0.970. The lowest BCUT2D eigenvalue weighted by Gasteiger charge is -2.15. The minimum absolute atomic E-state index is 0.00185. The van der Waals surface area contributed by atoms with Crippen LogP contribution < -0.4 is 0 Å². The maximum atomic E-state index is 12.6. The first-order valence-corrected chi connectivity index (χ1v) is 6.45. The number of rotatable bonds is 3. The molecule has 0 bridgehead atoms. The van der Waals surface area contributed by atoms with Gasteiger partial charge in [-0.05, 0) is 18.6 Å². The zero-order chi connectivity index (χ0) is 13.2. The van der Waals surface area contributed by atoms with E-state index in [0.29, 0.717) is 24.4 Å². The molecule has 0 N–H and O–H groups in total. The molecule has 2 aromatic rings. The smallest absolute Gasteiger partial charge is 0.228 e. The fourth-order valence-corrected chi connectivity index (χ4v) is 2.51. The largest absolute Gasteiger partial charge is 0.356 e. The maximum Gasteiger partial charge on any atom is 0.228 e. The Balaban J connectivity index is 1.73. The lowest BCUT2D eigenvalue weighted by Crippen LogP contribution is -2.30. The molecule has 1 aromatic heterocycles. The second kappa shape index (κ2) is 4.99. The van der Waals surface area contributed by atoms with E-state index in [4.69, 9.17) is 4.52 Å². The van der Waals surface area contributed by atoms with Crippen LogP contribution >= 0.6 is 0 Å². The lowest BCUT2D eigenvalue weighted by atomic mass is 10.1. The Kier molecular flexibility index (Phi) is 3.19. The van der Waals surface area contributed by atoms with Crippen molar-refractivity contribution in [1.29, 1.82) is 0 Å². The predicted octanol–water partition coefficient (Wildman–Crippen LogP) is 2.19. The van der Waals surface area contributed by atoms with Gasteiger partial charge in [0.05, 0.1) is 13.1 Å². The van der Waals surface area contributed by atoms with Gasteiger partial charge in [-0.3, -0.25) is 9.18 Å². The van der Waals surface area contributed by atoms with Gasteiger partial charge in [-0.15, -0.1) is 0 Å². The van der Waals surface area contributed by atoms with E-state index >= 15 is 0 Å². The van der Waals surface area contributed by atoms with Crippen LogP contribution in [0.2, 0.25) is 0 Å². The van der Waals surface area contributed by atoms with E-state index in [0.717, 1.165) is 11.8 Å². The molecule has 2 heterocycles. The summed E-state index contributed by atoms with van der Waals surface area (Å²) < 4.78 is 17.7. The zero-order valence-electron chi connectivity index (χ0n) is 10.5. The number of benzene rings is 1. The summed E-state index contributed by atoms with van der Waals surface area (Å²) in [5.41, 5.74) is 1.35. The molecule has 0 spiro atoms. The molecule has 1 saturated heterocycles. The van der Waals surface area contributed by atoms with Crippen molar-refractivity contribution in [2.75, 3.05) is 19.8 Å². The van der Waals surface area contributed by atoms with Crippen molar-refractivity contribution in [3.05, 3.63) is 30.0 Å². The highest BCUT2D eigenvalue weighted by Gasteiger charge is 2.26. The van der Waals surface area contributed by atoms with Crippen molar-refractivity contribution in [3.63, 3.8) is 0 Å². The molecule has 19 heavy (non-hydrogen) atoms. The first kappa shape index (κ1) is 12.1. The quantitative estimate of drug-likeness (QED) is 0.851. The van der Waals surface area contributed by atoms with Crippen LogP contribution in [0.3, 0.4) is 0 Å². The third-order valence-corrected chi connectivity index (χ3v) is 3.63. The Morgan fingerprint density at radius 2 is 2.32 bits per heavy atom. The normalized spacial score (nSPS) is 19.2. The third kappa shape index (κ3) is 2.32. The highest BCUT2D eigenvalue weighted by molar-refractivity contribution is 5.86. The summed E-state index contributed by atoms with van der Waals surface area (Å²) in [5.74, 6) is -0.00648. The number of carbonyl (C=O) groups is 1. The number of alkyl halides is 1. The number of fused-ring (bicyclic) bond motifs is 1. The van der Waals surface area contributed by atoms with Gasteiger partial charge in [0.15, 0.2) is 5.58 Å². The Labute approximate surface area is 110 Å². The fourth-order valence-electron chi connectivity index (χ4n) is 2.51. The minimum atomic E-state index is -0.351. The monoisotopic (exact) mass is 262 g/mol. The number of nitrogens with zero attached hydrogens (tertiary/aromatic N) is 2. The number of hydrogen-bond acceptors (Lipinski definition) is 3. The van der Waals surface area contributed by atoms with Crippen LogP contribution in [0.25, 0.3) is 11.0 Å². The number of amides is 1. The second-order valence-electron chi connectivity index (χ2n) is 4.95. The van der Waals surface area contributed by atoms with E-state index in [9.17, 15) is 9.18 Å². The van der Waals surface area contributed by atoms with Gasteiger partial charge in [0.25, 0.3) is 0 Å². The van der Waals surface area contributed by atoms with Crippen molar-refractivity contribution >= 4 is 16.9 Å². The summed E-state index contributed by atoms with van der Waals surface area (Å²) in [6, 6.07) is 7.47. The Hall–Kier alpha value is -1.91. The Bertz CT molecular complexity index is 596. The summed E-state index contributed by atoms with van der Waals surface area (Å²) in [6.45, 7) is 0.811. The third-order valence-electron chi connectivity index (χ3n) is 3.63. The second-order valence-corrected chi connectivity index (χ2v) is 4.95. The van der Waals surface area contributed by atoms with Gasteiger partial charge < -0.3 is 9.42 Å². The molecule has 0 aliphatic carbocycles. The fraction of sp³-hybridized carbons (Fsp3) is 0.429. The summed E-state index contributed by atoms with van der Waals surface area (Å²) in [7, 11) is 0. The number of carbonyl (C=O) groups excluding carboxylic acids is 1. The molecule has 1 unspecified atom stereocenters. The predicted molar refractivity (Wildman–Crippen MR) is 68.4 cm³/mol. The van der Waals surface area contributed by atoms with E-state index in [1.54, 1.807) is 4.90 Å². The number of aromatic nitrogens is 1. The Morgan fingerprint density at radius 1 is 1.47 bits per heavy atom. The highest BCUT2D eigenvalue weighted by atomic mass is 19.1. The molecule has 0 saturated carbocycles. The molecular formula is C14H15FN2O2. The van der Waals surface area contributed by atoms with Crippen LogP contribution in [0.1, 0.15) is 12.1 Å². The number of likely N-dealkylation sites (tertiary alicyclic amines) is 1. The van der Waals surface area contributed by atoms with E-state index in [1.807, 2.05) is 24.3 Å². The van der Waals surface area contributed by atoms with Crippen molar-refractivity contribution in [1.82, 2.24) is 10.1 Å². The SMILES string of the molecule is O=C(Cc1noc2ccccc12)N1CCC(CF)C1. The van der Waals surface area contributed by atoms with Crippen LogP contribution in [0.5, 0.6) is 0 Å². The molecule has 3 rings (SSSR count).